The van der Waals surface area contributed by atoms with Crippen molar-refractivity contribution >= 4 is 49.1 Å². The van der Waals surface area contributed by atoms with E-state index >= 15 is 0 Å². The lowest BCUT2D eigenvalue weighted by atomic mass is 9.84. The second-order valence-electron chi connectivity index (χ2n) is 10.7. The molecule has 0 saturated heterocycles. The van der Waals surface area contributed by atoms with Gasteiger partial charge in [0.2, 0.25) is 0 Å². The first-order valence-electron chi connectivity index (χ1n) is 13.7. The second-order valence-corrected chi connectivity index (χ2v) is 10.7. The van der Waals surface area contributed by atoms with E-state index in [1.54, 1.807) is 0 Å². The Morgan fingerprint density at radius 1 is 0.513 bits per heavy atom. The Balaban J connectivity index is 1.35. The van der Waals surface area contributed by atoms with Crippen molar-refractivity contribution in [2.24, 2.45) is 0 Å². The third-order valence-corrected chi connectivity index (χ3v) is 8.65. The summed E-state index contributed by atoms with van der Waals surface area (Å²) in [6, 6.07) is 44.5. The maximum Gasteiger partial charge on any atom is 0.147 e. The number of imidazole rings is 1. The van der Waals surface area contributed by atoms with Gasteiger partial charge in [-0.05, 0) is 86.6 Å². The second kappa shape index (κ2) is 7.78. The Morgan fingerprint density at radius 2 is 1.28 bits per heavy atom. The molecular formula is C37H24N2. The molecule has 0 atom stereocenters. The zero-order valence-corrected chi connectivity index (χ0v) is 21.4. The van der Waals surface area contributed by atoms with Crippen LogP contribution in [0, 0.1) is 0 Å². The Hall–Kier alpha value is -4.95. The van der Waals surface area contributed by atoms with Gasteiger partial charge in [0.15, 0.2) is 0 Å². The Morgan fingerprint density at radius 3 is 2.28 bits per heavy atom. The van der Waals surface area contributed by atoms with E-state index in [9.17, 15) is 0 Å². The summed E-state index contributed by atoms with van der Waals surface area (Å²) in [5.41, 5.74) is 12.6. The first kappa shape index (κ1) is 21.0. The normalized spacial score (nSPS) is 12.9. The van der Waals surface area contributed by atoms with Crippen molar-refractivity contribution in [2.45, 2.75) is 12.8 Å². The largest absolute Gasteiger partial charge is 0.292 e. The Kier molecular flexibility index (Phi) is 4.20. The Labute approximate surface area is 225 Å². The number of rotatable bonds is 1. The number of fused-ring (bicyclic) bond motifs is 13. The maximum atomic E-state index is 5.15. The van der Waals surface area contributed by atoms with Gasteiger partial charge in [-0.2, -0.15) is 0 Å². The third-order valence-electron chi connectivity index (χ3n) is 8.65. The lowest BCUT2D eigenvalue weighted by molar-refractivity contribution is 0.942. The van der Waals surface area contributed by atoms with E-state index in [1.807, 2.05) is 0 Å². The van der Waals surface area contributed by atoms with Gasteiger partial charge in [-0.15, -0.1) is 0 Å². The fourth-order valence-corrected chi connectivity index (χ4v) is 6.81. The van der Waals surface area contributed by atoms with Crippen LogP contribution in [-0.2, 0) is 12.8 Å². The van der Waals surface area contributed by atoms with Crippen molar-refractivity contribution in [1.29, 1.82) is 0 Å². The molecule has 0 saturated carbocycles. The van der Waals surface area contributed by atoms with E-state index in [-0.39, 0.29) is 0 Å². The molecule has 0 aliphatic heterocycles. The molecule has 0 radical (unpaired) electrons. The van der Waals surface area contributed by atoms with Crippen LogP contribution in [0.1, 0.15) is 11.1 Å². The number of hydrogen-bond acceptors (Lipinski definition) is 1. The highest BCUT2D eigenvalue weighted by molar-refractivity contribution is 6.23. The first-order valence-corrected chi connectivity index (χ1v) is 13.7. The summed E-state index contributed by atoms with van der Waals surface area (Å²) in [7, 11) is 0. The number of hydrogen-bond donors (Lipinski definition) is 0. The monoisotopic (exact) mass is 496 g/mol. The lowest BCUT2D eigenvalue weighted by Crippen LogP contribution is -2.03. The Bertz CT molecular complexity index is 2290. The van der Waals surface area contributed by atoms with Gasteiger partial charge in [-0.1, -0.05) is 97.1 Å². The van der Waals surface area contributed by atoms with E-state index in [0.717, 1.165) is 29.5 Å². The molecule has 0 bridgehead atoms. The number of benzene rings is 6. The first-order chi connectivity index (χ1) is 19.3. The fourth-order valence-electron chi connectivity index (χ4n) is 6.81. The predicted octanol–water partition coefficient (Wildman–Crippen LogP) is 9.38. The van der Waals surface area contributed by atoms with Crippen molar-refractivity contribution in [1.82, 2.24) is 9.38 Å². The van der Waals surface area contributed by atoms with E-state index < -0.39 is 0 Å². The van der Waals surface area contributed by atoms with Gasteiger partial charge in [-0.3, -0.25) is 4.40 Å². The summed E-state index contributed by atoms with van der Waals surface area (Å²) >= 11 is 0. The van der Waals surface area contributed by atoms with Gasteiger partial charge < -0.3 is 0 Å². The smallest absolute Gasteiger partial charge is 0.147 e. The molecule has 8 aromatic rings. The van der Waals surface area contributed by atoms with Gasteiger partial charge in [-0.25, -0.2) is 4.98 Å². The summed E-state index contributed by atoms with van der Waals surface area (Å²) in [5, 5.41) is 6.21. The van der Waals surface area contributed by atoms with Gasteiger partial charge in [0.05, 0.1) is 16.6 Å². The minimum Gasteiger partial charge on any atom is -0.292 e. The molecule has 1 aliphatic carbocycles. The van der Waals surface area contributed by atoms with E-state index in [4.69, 9.17) is 4.98 Å². The molecule has 6 aromatic carbocycles. The highest BCUT2D eigenvalue weighted by Crippen LogP contribution is 2.40. The highest BCUT2D eigenvalue weighted by atomic mass is 15.0. The molecule has 2 aromatic heterocycles. The van der Waals surface area contributed by atoms with Crippen LogP contribution in [0.15, 0.2) is 121 Å². The van der Waals surface area contributed by atoms with Gasteiger partial charge in [0, 0.05) is 10.8 Å². The lowest BCUT2D eigenvalue weighted by Gasteiger charge is -2.20. The zero-order chi connectivity index (χ0) is 25.5. The number of aryl methyl sites for hydroxylation is 2. The van der Waals surface area contributed by atoms with Crippen LogP contribution < -0.4 is 0 Å². The molecule has 0 amide bonds. The van der Waals surface area contributed by atoms with Crippen molar-refractivity contribution in [3.63, 3.8) is 0 Å². The molecule has 0 fully saturated rings. The van der Waals surface area contributed by atoms with E-state index in [1.165, 1.54) is 65.8 Å². The minimum atomic E-state index is 1.02. The highest BCUT2D eigenvalue weighted by Gasteiger charge is 2.18. The summed E-state index contributed by atoms with van der Waals surface area (Å²) in [5.74, 6) is 0. The summed E-state index contributed by atoms with van der Waals surface area (Å²) in [6.07, 6.45) is 2.19. The molecule has 0 unspecified atom stereocenters. The molecule has 1 aliphatic rings. The third kappa shape index (κ3) is 2.94. The maximum absolute atomic E-state index is 5.15. The predicted molar refractivity (Wildman–Crippen MR) is 163 cm³/mol. The molecule has 2 heteroatoms. The quantitative estimate of drug-likeness (QED) is 0.207. The fraction of sp³-hybridized carbons (Fsp3) is 0.0541. The molecular weight excluding hydrogens is 472 g/mol. The minimum absolute atomic E-state index is 1.02. The van der Waals surface area contributed by atoms with Crippen LogP contribution in [0.5, 0.6) is 0 Å². The summed E-state index contributed by atoms with van der Waals surface area (Å²) < 4.78 is 2.35. The molecule has 2 heterocycles. The van der Waals surface area contributed by atoms with Crippen molar-refractivity contribution in [2.75, 3.05) is 0 Å². The van der Waals surface area contributed by atoms with Crippen LogP contribution >= 0.6 is 0 Å². The molecule has 39 heavy (non-hydrogen) atoms. The summed E-state index contributed by atoms with van der Waals surface area (Å²) in [4.78, 5) is 5.15. The van der Waals surface area contributed by atoms with Crippen LogP contribution in [0.2, 0.25) is 0 Å². The topological polar surface area (TPSA) is 17.3 Å². The van der Waals surface area contributed by atoms with Gasteiger partial charge >= 0.3 is 0 Å². The van der Waals surface area contributed by atoms with Crippen LogP contribution in [-0.4, -0.2) is 9.38 Å². The van der Waals surface area contributed by atoms with Crippen LogP contribution in [0.25, 0.3) is 71.4 Å². The van der Waals surface area contributed by atoms with Crippen molar-refractivity contribution < 1.29 is 0 Å². The molecule has 0 N–H and O–H groups in total. The average Bonchev–Trinajstić information content (AvgIpc) is 3.40. The summed E-state index contributed by atoms with van der Waals surface area (Å²) in [6.45, 7) is 0. The van der Waals surface area contributed by atoms with Crippen LogP contribution in [0.4, 0.5) is 0 Å². The number of aromatic nitrogens is 2. The van der Waals surface area contributed by atoms with Crippen LogP contribution in [0.3, 0.4) is 0 Å². The van der Waals surface area contributed by atoms with Gasteiger partial charge in [0.1, 0.15) is 5.65 Å². The molecule has 9 rings (SSSR count). The molecule has 182 valence electrons. The zero-order valence-electron chi connectivity index (χ0n) is 21.4. The number of para-hydroxylation sites is 2. The van der Waals surface area contributed by atoms with E-state index in [0.29, 0.717) is 0 Å². The van der Waals surface area contributed by atoms with E-state index in [2.05, 4.69) is 126 Å². The molecule has 0 spiro atoms. The standard InChI is InChI=1S/C37H24N2/c1-3-9-28-23(7-1)13-14-27-21-25(16-18-29(27)28)26-17-20-34-32(22-26)31-19-15-24-8-2-4-10-30(24)36(31)37-38-33-11-5-6-12-35(33)39(34)37/h1-12,15-22H,13-14H2. The number of pyridine rings is 1. The number of nitrogens with zero attached hydrogens (tertiary/aromatic N) is 2. The van der Waals surface area contributed by atoms with Crippen molar-refractivity contribution in [3.8, 4) is 22.3 Å². The molecule has 2 nitrogen and oxygen atoms in total. The van der Waals surface area contributed by atoms with Crippen molar-refractivity contribution in [3.05, 3.63) is 132 Å². The average molecular weight is 497 g/mol. The van der Waals surface area contributed by atoms with Gasteiger partial charge in [0.25, 0.3) is 0 Å². The SMILES string of the molecule is c1ccc2c(c1)CCc1cc(-c3ccc4c(c3)c3ccc5ccccc5c3c3nc5ccccc5n43)ccc1-2.